The third-order valence-electron chi connectivity index (χ3n) is 5.45. The second-order valence-corrected chi connectivity index (χ2v) is 9.69. The summed E-state index contributed by atoms with van der Waals surface area (Å²) in [7, 11) is -4.08. The molecule has 0 unspecified atom stereocenters. The van der Waals surface area contributed by atoms with Crippen LogP contribution in [0.2, 0.25) is 0 Å². The number of hydrogen-bond donors (Lipinski definition) is 1. The highest BCUT2D eigenvalue weighted by Crippen LogP contribution is 2.45. The van der Waals surface area contributed by atoms with Gasteiger partial charge < -0.3 is 10.6 Å². The Morgan fingerprint density at radius 3 is 2.64 bits per heavy atom. The molecule has 1 amide bonds. The fourth-order valence-corrected chi connectivity index (χ4v) is 5.55. The number of nitrogen functional groups attached to an aromatic ring is 1. The van der Waals surface area contributed by atoms with E-state index in [4.69, 9.17) is 5.73 Å². The number of carbonyl (C=O) groups excluding carboxylic acids is 2. The molecule has 4 rings (SSSR count). The highest BCUT2D eigenvalue weighted by atomic mass is 32.2. The second kappa shape index (κ2) is 8.36. The van der Waals surface area contributed by atoms with E-state index >= 15 is 0 Å². The summed E-state index contributed by atoms with van der Waals surface area (Å²) in [5.74, 6) is -4.71. The Morgan fingerprint density at radius 2 is 1.97 bits per heavy atom. The Hall–Kier alpha value is -3.66. The van der Waals surface area contributed by atoms with E-state index in [0.717, 1.165) is 11.0 Å². The lowest BCUT2D eigenvalue weighted by Crippen LogP contribution is -2.35. The number of anilines is 2. The molecule has 2 N–H and O–H groups in total. The largest absolute Gasteiger partial charge is 0.398 e. The van der Waals surface area contributed by atoms with Crippen molar-refractivity contribution in [3.8, 4) is 0 Å². The Labute approximate surface area is 188 Å². The van der Waals surface area contributed by atoms with Gasteiger partial charge in [-0.15, -0.1) is 0 Å². The molecule has 0 saturated heterocycles. The molecule has 0 fully saturated rings. The van der Waals surface area contributed by atoms with Gasteiger partial charge in [-0.3, -0.25) is 14.6 Å². The van der Waals surface area contributed by atoms with Crippen molar-refractivity contribution in [1.29, 1.82) is 0 Å². The number of halogens is 2. The monoisotopic (exact) mass is 471 g/mol. The number of nitrogens with zero attached hydrogens (tertiary/aromatic N) is 2. The van der Waals surface area contributed by atoms with Crippen LogP contribution in [0, 0.1) is 0 Å². The van der Waals surface area contributed by atoms with Crippen molar-refractivity contribution < 1.29 is 26.8 Å². The number of alkyl halides is 2. The van der Waals surface area contributed by atoms with Crippen molar-refractivity contribution in [3.63, 3.8) is 0 Å². The van der Waals surface area contributed by atoms with Crippen molar-refractivity contribution in [2.45, 2.75) is 23.8 Å². The molecule has 2 heterocycles. The standard InChI is InChI=1S/C23H19F2N3O4S/c24-23(25)8-10-33(31,32)21-18(23)4-1-5-20(21)28(22(30)16-3-2-9-27-12-16)13-15-6-7-17(14-29)19(26)11-15/h1-7,9,11-12,14H,8,10,13,26H2. The summed E-state index contributed by atoms with van der Waals surface area (Å²) < 4.78 is 55.1. The van der Waals surface area contributed by atoms with Crippen molar-refractivity contribution in [1.82, 2.24) is 4.98 Å². The predicted octanol–water partition coefficient (Wildman–Crippen LogP) is 3.59. The number of amides is 1. The van der Waals surface area contributed by atoms with Crippen LogP contribution < -0.4 is 10.6 Å². The average Bonchev–Trinajstić information content (AvgIpc) is 2.80. The summed E-state index contributed by atoms with van der Waals surface area (Å²) in [4.78, 5) is 29.0. The van der Waals surface area contributed by atoms with Crippen molar-refractivity contribution >= 4 is 33.4 Å². The number of aldehydes is 1. The molecular formula is C23H19F2N3O4S. The van der Waals surface area contributed by atoms with E-state index in [0.29, 0.717) is 11.8 Å². The molecule has 1 aliphatic heterocycles. The zero-order chi connectivity index (χ0) is 23.8. The molecule has 0 bridgehead atoms. The van der Waals surface area contributed by atoms with Gasteiger partial charge in [-0.2, -0.15) is 0 Å². The quantitative estimate of drug-likeness (QED) is 0.450. The normalized spacial score (nSPS) is 15.9. The van der Waals surface area contributed by atoms with Gasteiger partial charge in [-0.05, 0) is 35.9 Å². The van der Waals surface area contributed by atoms with Crippen LogP contribution in [0.5, 0.6) is 0 Å². The lowest BCUT2D eigenvalue weighted by atomic mass is 10.0. The first-order valence-electron chi connectivity index (χ1n) is 9.93. The van der Waals surface area contributed by atoms with Crippen LogP contribution >= 0.6 is 0 Å². The smallest absolute Gasteiger partial charge is 0.275 e. The van der Waals surface area contributed by atoms with Gasteiger partial charge >= 0.3 is 0 Å². The van der Waals surface area contributed by atoms with E-state index in [-0.39, 0.29) is 29.0 Å². The highest BCUT2D eigenvalue weighted by molar-refractivity contribution is 7.91. The average molecular weight is 471 g/mol. The molecule has 1 aliphatic rings. The molecule has 2 aromatic carbocycles. The molecular weight excluding hydrogens is 452 g/mol. The third-order valence-corrected chi connectivity index (χ3v) is 7.24. The van der Waals surface area contributed by atoms with Crippen LogP contribution in [0.4, 0.5) is 20.2 Å². The third kappa shape index (κ3) is 4.21. The van der Waals surface area contributed by atoms with Gasteiger partial charge in [0.2, 0.25) is 0 Å². The van der Waals surface area contributed by atoms with Gasteiger partial charge in [0.05, 0.1) is 28.4 Å². The number of hydrogen-bond acceptors (Lipinski definition) is 6. The Balaban J connectivity index is 1.90. The predicted molar refractivity (Wildman–Crippen MR) is 118 cm³/mol. The summed E-state index contributed by atoms with van der Waals surface area (Å²) in [6.07, 6.45) is 2.53. The second-order valence-electron chi connectivity index (χ2n) is 7.64. The zero-order valence-electron chi connectivity index (χ0n) is 17.2. The van der Waals surface area contributed by atoms with Gasteiger partial charge in [0.15, 0.2) is 16.1 Å². The van der Waals surface area contributed by atoms with E-state index in [2.05, 4.69) is 4.98 Å². The minimum Gasteiger partial charge on any atom is -0.398 e. The number of carbonyl (C=O) groups is 2. The maximum absolute atomic E-state index is 14.6. The van der Waals surface area contributed by atoms with Gasteiger partial charge in [0.1, 0.15) is 0 Å². The number of sulfone groups is 1. The van der Waals surface area contributed by atoms with E-state index in [1.807, 2.05) is 0 Å². The van der Waals surface area contributed by atoms with Gasteiger partial charge in [-0.25, -0.2) is 17.2 Å². The fourth-order valence-electron chi connectivity index (χ4n) is 3.78. The molecule has 0 spiro atoms. The van der Waals surface area contributed by atoms with Crippen LogP contribution in [0.15, 0.2) is 65.8 Å². The Bertz CT molecular complexity index is 1350. The van der Waals surface area contributed by atoms with Crippen molar-refractivity contribution in [3.05, 3.63) is 83.2 Å². The van der Waals surface area contributed by atoms with Gasteiger partial charge in [-0.1, -0.05) is 18.2 Å². The van der Waals surface area contributed by atoms with E-state index < -0.39 is 44.3 Å². The first kappa shape index (κ1) is 22.5. The van der Waals surface area contributed by atoms with Crippen LogP contribution in [-0.4, -0.2) is 31.3 Å². The molecule has 0 radical (unpaired) electrons. The summed E-state index contributed by atoms with van der Waals surface area (Å²) >= 11 is 0. The van der Waals surface area contributed by atoms with E-state index in [1.165, 1.54) is 48.8 Å². The molecule has 3 aromatic rings. The number of fused-ring (bicyclic) bond motifs is 1. The lowest BCUT2D eigenvalue weighted by molar-refractivity contribution is -0.0126. The van der Waals surface area contributed by atoms with Gasteiger partial charge in [0.25, 0.3) is 11.8 Å². The first-order valence-corrected chi connectivity index (χ1v) is 11.6. The number of rotatable bonds is 5. The molecule has 33 heavy (non-hydrogen) atoms. The lowest BCUT2D eigenvalue weighted by Gasteiger charge is -2.31. The minimum absolute atomic E-state index is 0.146. The molecule has 0 saturated carbocycles. The number of benzene rings is 2. The van der Waals surface area contributed by atoms with Gasteiger partial charge in [0, 0.05) is 35.6 Å². The van der Waals surface area contributed by atoms with Crippen molar-refractivity contribution in [2.75, 3.05) is 16.4 Å². The topological polar surface area (TPSA) is 110 Å². The molecule has 1 aromatic heterocycles. The first-order chi connectivity index (χ1) is 15.6. The SMILES string of the molecule is Nc1cc(CN(C(=O)c2cccnc2)c2cccc3c2S(=O)(=O)CCC3(F)F)ccc1C=O. The zero-order valence-corrected chi connectivity index (χ0v) is 18.1. The van der Waals surface area contributed by atoms with Crippen LogP contribution in [0.1, 0.15) is 38.3 Å². The fraction of sp³-hybridized carbons (Fsp3) is 0.174. The van der Waals surface area contributed by atoms with Crippen LogP contribution in [0.3, 0.4) is 0 Å². The number of aromatic nitrogens is 1. The summed E-state index contributed by atoms with van der Waals surface area (Å²) in [6, 6.07) is 11.2. The maximum atomic E-state index is 14.6. The molecule has 170 valence electrons. The molecule has 0 atom stereocenters. The minimum atomic E-state index is -4.08. The highest BCUT2D eigenvalue weighted by Gasteiger charge is 2.45. The van der Waals surface area contributed by atoms with Crippen molar-refractivity contribution in [2.24, 2.45) is 0 Å². The summed E-state index contributed by atoms with van der Waals surface area (Å²) in [5, 5.41) is 0. The molecule has 0 aliphatic carbocycles. The Morgan fingerprint density at radius 1 is 1.18 bits per heavy atom. The Kier molecular flexibility index (Phi) is 5.71. The number of nitrogens with two attached hydrogens (primary N) is 1. The maximum Gasteiger partial charge on any atom is 0.275 e. The number of pyridine rings is 1. The van der Waals surface area contributed by atoms with Crippen LogP contribution in [-0.2, 0) is 22.3 Å². The summed E-state index contributed by atoms with van der Waals surface area (Å²) in [5.41, 5.74) is 6.15. The van der Waals surface area contributed by atoms with Crippen LogP contribution in [0.25, 0.3) is 0 Å². The molecule has 7 nitrogen and oxygen atoms in total. The molecule has 10 heteroatoms. The van der Waals surface area contributed by atoms with E-state index in [1.54, 1.807) is 6.07 Å². The summed E-state index contributed by atoms with van der Waals surface area (Å²) in [6.45, 7) is -0.172. The van der Waals surface area contributed by atoms with E-state index in [9.17, 15) is 26.8 Å².